The first-order valence-electron chi connectivity index (χ1n) is 8.23. The zero-order valence-corrected chi connectivity index (χ0v) is 13.7. The minimum atomic E-state index is -0.899. The number of hydrogen-bond donors (Lipinski definition) is 1. The Morgan fingerprint density at radius 1 is 1.36 bits per heavy atom. The second kappa shape index (κ2) is 7.68. The molecular weight excluding hydrogens is 329 g/mol. The van der Waals surface area contributed by atoms with Crippen molar-refractivity contribution in [2.45, 2.75) is 18.6 Å². The second-order valence-corrected chi connectivity index (χ2v) is 6.29. The fraction of sp³-hybridized carbons (Fsp3) is 0.529. The summed E-state index contributed by atoms with van der Waals surface area (Å²) >= 11 is 0. The molecule has 8 heteroatoms. The van der Waals surface area contributed by atoms with Crippen LogP contribution in [0.1, 0.15) is 12.0 Å². The third kappa shape index (κ3) is 4.38. The highest BCUT2D eigenvalue weighted by Crippen LogP contribution is 2.20. The van der Waals surface area contributed by atoms with Crippen molar-refractivity contribution in [2.24, 2.45) is 0 Å². The molecule has 1 N–H and O–H groups in total. The summed E-state index contributed by atoms with van der Waals surface area (Å²) in [5, 5.41) is 17.8. The van der Waals surface area contributed by atoms with Gasteiger partial charge in [0.25, 0.3) is 0 Å². The van der Waals surface area contributed by atoms with E-state index < -0.39 is 11.9 Å². The van der Waals surface area contributed by atoms with Crippen LogP contribution in [0.5, 0.6) is 5.75 Å². The SMILES string of the molecule is N#Cc1ccc(OCCCN2CC3CN(C(=O)O)CC(C2)O3)c(F)c1. The van der Waals surface area contributed by atoms with E-state index in [1.165, 1.54) is 17.0 Å². The van der Waals surface area contributed by atoms with Crippen LogP contribution < -0.4 is 4.74 Å². The quantitative estimate of drug-likeness (QED) is 0.812. The lowest BCUT2D eigenvalue weighted by Gasteiger charge is -2.44. The molecular formula is C17H20FN3O4. The first kappa shape index (κ1) is 17.5. The van der Waals surface area contributed by atoms with E-state index in [-0.39, 0.29) is 23.5 Å². The molecule has 1 aromatic carbocycles. The maximum absolute atomic E-state index is 13.7. The number of carbonyl (C=O) groups is 1. The Labute approximate surface area is 145 Å². The average Bonchev–Trinajstić information content (AvgIpc) is 2.58. The predicted molar refractivity (Wildman–Crippen MR) is 85.9 cm³/mol. The molecule has 2 heterocycles. The van der Waals surface area contributed by atoms with Gasteiger partial charge in [0.1, 0.15) is 0 Å². The van der Waals surface area contributed by atoms with Gasteiger partial charge in [-0.05, 0) is 24.6 Å². The number of nitrogens with zero attached hydrogens (tertiary/aromatic N) is 3. The van der Waals surface area contributed by atoms with Crippen molar-refractivity contribution in [3.05, 3.63) is 29.6 Å². The number of hydrogen-bond acceptors (Lipinski definition) is 5. The van der Waals surface area contributed by atoms with Crippen LogP contribution in [0.2, 0.25) is 0 Å². The molecule has 25 heavy (non-hydrogen) atoms. The van der Waals surface area contributed by atoms with Gasteiger partial charge in [-0.15, -0.1) is 0 Å². The Morgan fingerprint density at radius 3 is 2.68 bits per heavy atom. The van der Waals surface area contributed by atoms with Gasteiger partial charge in [-0.2, -0.15) is 5.26 Å². The highest BCUT2D eigenvalue weighted by Gasteiger charge is 2.36. The summed E-state index contributed by atoms with van der Waals surface area (Å²) in [5.41, 5.74) is 0.264. The fourth-order valence-electron chi connectivity index (χ4n) is 3.27. The van der Waals surface area contributed by atoms with Gasteiger partial charge >= 0.3 is 6.09 Å². The van der Waals surface area contributed by atoms with E-state index in [0.29, 0.717) is 32.8 Å². The molecule has 2 fully saturated rings. The molecule has 3 rings (SSSR count). The van der Waals surface area contributed by atoms with Crippen molar-refractivity contribution >= 4 is 6.09 Å². The van der Waals surface area contributed by atoms with E-state index in [2.05, 4.69) is 4.90 Å². The number of morpholine rings is 2. The molecule has 2 saturated heterocycles. The maximum atomic E-state index is 13.7. The van der Waals surface area contributed by atoms with Crippen LogP contribution >= 0.6 is 0 Å². The summed E-state index contributed by atoms with van der Waals surface area (Å²) in [6, 6.07) is 6.03. The number of fused-ring (bicyclic) bond motifs is 2. The summed E-state index contributed by atoms with van der Waals surface area (Å²) in [4.78, 5) is 14.7. The van der Waals surface area contributed by atoms with Gasteiger partial charge < -0.3 is 19.5 Å². The van der Waals surface area contributed by atoms with E-state index in [4.69, 9.17) is 19.8 Å². The van der Waals surface area contributed by atoms with Crippen LogP contribution in [-0.4, -0.2) is 72.5 Å². The Kier molecular flexibility index (Phi) is 5.36. The topological polar surface area (TPSA) is 86.0 Å². The number of halogens is 1. The van der Waals surface area contributed by atoms with Crippen molar-refractivity contribution in [3.63, 3.8) is 0 Å². The summed E-state index contributed by atoms with van der Waals surface area (Å²) in [6.07, 6.45) is -0.368. The molecule has 2 bridgehead atoms. The fourth-order valence-corrected chi connectivity index (χ4v) is 3.27. The third-order valence-electron chi connectivity index (χ3n) is 4.36. The van der Waals surface area contributed by atoms with E-state index in [1.807, 2.05) is 6.07 Å². The van der Waals surface area contributed by atoms with Crippen molar-refractivity contribution in [3.8, 4) is 11.8 Å². The summed E-state index contributed by atoms with van der Waals surface area (Å²) in [7, 11) is 0. The maximum Gasteiger partial charge on any atom is 0.407 e. The monoisotopic (exact) mass is 349 g/mol. The Balaban J connectivity index is 1.42. The summed E-state index contributed by atoms with van der Waals surface area (Å²) in [5.74, 6) is -0.385. The molecule has 2 unspecified atom stereocenters. The molecule has 1 aromatic rings. The number of nitriles is 1. The second-order valence-electron chi connectivity index (χ2n) is 6.29. The van der Waals surface area contributed by atoms with Crippen LogP contribution in [0.4, 0.5) is 9.18 Å². The van der Waals surface area contributed by atoms with E-state index >= 15 is 0 Å². The number of ether oxygens (including phenoxy) is 2. The van der Waals surface area contributed by atoms with Gasteiger partial charge in [0.15, 0.2) is 11.6 Å². The highest BCUT2D eigenvalue weighted by molar-refractivity contribution is 5.65. The molecule has 7 nitrogen and oxygen atoms in total. The number of carboxylic acid groups (broad SMARTS) is 1. The van der Waals surface area contributed by atoms with Crippen molar-refractivity contribution in [2.75, 3.05) is 39.3 Å². The molecule has 0 aromatic heterocycles. The number of rotatable bonds is 5. The van der Waals surface area contributed by atoms with E-state index in [1.54, 1.807) is 0 Å². The van der Waals surface area contributed by atoms with E-state index in [0.717, 1.165) is 19.0 Å². The number of amides is 1. The smallest absolute Gasteiger partial charge is 0.407 e. The molecule has 1 amide bonds. The minimum absolute atomic E-state index is 0.0968. The van der Waals surface area contributed by atoms with Crippen molar-refractivity contribution in [1.82, 2.24) is 9.80 Å². The van der Waals surface area contributed by atoms with Crippen LogP contribution in [0.3, 0.4) is 0 Å². The average molecular weight is 349 g/mol. The van der Waals surface area contributed by atoms with Gasteiger partial charge in [-0.25, -0.2) is 9.18 Å². The zero-order valence-electron chi connectivity index (χ0n) is 13.7. The standard InChI is InChI=1S/C17H20FN3O4/c18-15-6-12(7-19)2-3-16(15)24-5-1-4-20-8-13-10-21(17(22)23)11-14(9-20)25-13/h2-3,6,13-14H,1,4-5,8-11H2,(H,22,23). The Hall–Kier alpha value is -2.37. The minimum Gasteiger partial charge on any atom is -0.490 e. The van der Waals surface area contributed by atoms with Crippen LogP contribution in [0.15, 0.2) is 18.2 Å². The molecule has 0 spiro atoms. The lowest BCUT2D eigenvalue weighted by molar-refractivity contribution is -0.132. The van der Waals surface area contributed by atoms with Gasteiger partial charge in [0, 0.05) is 19.6 Å². The normalized spacial score (nSPS) is 23.1. The number of benzene rings is 1. The highest BCUT2D eigenvalue weighted by atomic mass is 19.1. The van der Waals surface area contributed by atoms with Crippen LogP contribution in [0.25, 0.3) is 0 Å². The molecule has 2 aliphatic rings. The van der Waals surface area contributed by atoms with Crippen molar-refractivity contribution in [1.29, 1.82) is 5.26 Å². The predicted octanol–water partition coefficient (Wildman–Crippen LogP) is 1.53. The first-order chi connectivity index (χ1) is 12.0. The summed E-state index contributed by atoms with van der Waals surface area (Å²) < 4.78 is 25.0. The first-order valence-corrected chi connectivity index (χ1v) is 8.23. The van der Waals surface area contributed by atoms with E-state index in [9.17, 15) is 9.18 Å². The molecule has 0 saturated carbocycles. The van der Waals surface area contributed by atoms with Crippen LogP contribution in [0, 0.1) is 17.1 Å². The lowest BCUT2D eigenvalue weighted by Crippen LogP contribution is -2.60. The lowest BCUT2D eigenvalue weighted by atomic mass is 10.1. The largest absolute Gasteiger partial charge is 0.490 e. The van der Waals surface area contributed by atoms with Gasteiger partial charge in [-0.3, -0.25) is 4.90 Å². The van der Waals surface area contributed by atoms with Gasteiger partial charge in [-0.1, -0.05) is 0 Å². The molecule has 2 atom stereocenters. The Morgan fingerprint density at radius 2 is 2.08 bits per heavy atom. The van der Waals surface area contributed by atoms with Crippen LogP contribution in [-0.2, 0) is 4.74 Å². The summed E-state index contributed by atoms with van der Waals surface area (Å²) in [6.45, 7) is 3.32. The van der Waals surface area contributed by atoms with Gasteiger partial charge in [0.2, 0.25) is 0 Å². The molecule has 2 aliphatic heterocycles. The molecule has 0 aliphatic carbocycles. The molecule has 0 radical (unpaired) electrons. The van der Waals surface area contributed by atoms with Gasteiger partial charge in [0.05, 0.1) is 43.5 Å². The van der Waals surface area contributed by atoms with Crippen molar-refractivity contribution < 1.29 is 23.8 Å². The Bertz CT molecular complexity index is 664. The third-order valence-corrected chi connectivity index (χ3v) is 4.36. The molecule has 134 valence electrons. The zero-order chi connectivity index (χ0) is 17.8.